The maximum atomic E-state index is 5.97. The Morgan fingerprint density at radius 3 is 2.63 bits per heavy atom. The molecule has 0 radical (unpaired) electrons. The molecule has 6 heteroatoms. The van der Waals surface area contributed by atoms with Crippen LogP contribution in [0.3, 0.4) is 0 Å². The maximum absolute atomic E-state index is 5.97. The molecule has 0 aliphatic rings. The molecule has 0 aliphatic heterocycles. The van der Waals surface area contributed by atoms with Gasteiger partial charge in [-0.3, -0.25) is 0 Å². The van der Waals surface area contributed by atoms with Crippen LogP contribution < -0.4 is 0 Å². The molecule has 0 unspecified atom stereocenters. The molecule has 0 N–H and O–H groups in total. The molecule has 2 aromatic carbocycles. The first-order valence-electron chi connectivity index (χ1n) is 8.47. The lowest BCUT2D eigenvalue weighted by Gasteiger charge is -2.07. The summed E-state index contributed by atoms with van der Waals surface area (Å²) < 4.78 is 2.20. The predicted octanol–water partition coefficient (Wildman–Crippen LogP) is 6.56. The Balaban J connectivity index is 1.43. The Hall–Kier alpha value is -2.34. The van der Waals surface area contributed by atoms with Crippen LogP contribution in [0.4, 0.5) is 0 Å². The largest absolute Gasteiger partial charge is 0.313 e. The molecule has 0 aliphatic carbocycles. The number of fused-ring (bicyclic) bond motifs is 3. The summed E-state index contributed by atoms with van der Waals surface area (Å²) in [6.07, 6.45) is 2.09. The van der Waals surface area contributed by atoms with Crippen molar-refractivity contribution in [3.8, 4) is 10.6 Å². The number of halogens is 1. The van der Waals surface area contributed by atoms with Gasteiger partial charge in [-0.05, 0) is 36.4 Å². The molecule has 0 spiro atoms. The normalized spacial score (nSPS) is 11.4. The highest BCUT2D eigenvalue weighted by molar-refractivity contribution is 7.98. The smallest absolute Gasteiger partial charge is 0.123 e. The van der Waals surface area contributed by atoms with Gasteiger partial charge in [0.15, 0.2) is 0 Å². The molecule has 0 saturated carbocycles. The summed E-state index contributed by atoms with van der Waals surface area (Å²) in [6.45, 7) is 0. The molecule has 0 atom stereocenters. The summed E-state index contributed by atoms with van der Waals surface area (Å²) in [5.41, 5.74) is 5.42. The zero-order valence-electron chi connectivity index (χ0n) is 14.2. The van der Waals surface area contributed by atoms with E-state index in [1.807, 2.05) is 36.4 Å². The lowest BCUT2D eigenvalue weighted by Crippen LogP contribution is -1.93. The molecular weight excluding hydrogens is 394 g/mol. The van der Waals surface area contributed by atoms with Crippen molar-refractivity contribution in [1.82, 2.24) is 14.4 Å². The zero-order valence-corrected chi connectivity index (χ0v) is 16.6. The monoisotopic (exact) mass is 407 g/mol. The van der Waals surface area contributed by atoms with Gasteiger partial charge in [0, 0.05) is 27.9 Å². The molecular formula is C21H14ClN3S2. The van der Waals surface area contributed by atoms with Gasteiger partial charge in [0.2, 0.25) is 0 Å². The lowest BCUT2D eigenvalue weighted by molar-refractivity contribution is 1.12. The summed E-state index contributed by atoms with van der Waals surface area (Å²) in [5.74, 6) is 0.788. The molecule has 3 aromatic heterocycles. The molecule has 27 heavy (non-hydrogen) atoms. The fourth-order valence-corrected chi connectivity index (χ4v) is 5.01. The topological polar surface area (TPSA) is 30.2 Å². The van der Waals surface area contributed by atoms with E-state index in [9.17, 15) is 0 Å². The van der Waals surface area contributed by atoms with Gasteiger partial charge < -0.3 is 4.40 Å². The van der Waals surface area contributed by atoms with E-state index in [1.54, 1.807) is 23.1 Å². The summed E-state index contributed by atoms with van der Waals surface area (Å²) in [4.78, 5) is 9.64. The average molecular weight is 408 g/mol. The van der Waals surface area contributed by atoms with Crippen molar-refractivity contribution in [2.75, 3.05) is 0 Å². The van der Waals surface area contributed by atoms with E-state index >= 15 is 0 Å². The van der Waals surface area contributed by atoms with Crippen LogP contribution in [0, 0.1) is 0 Å². The summed E-state index contributed by atoms with van der Waals surface area (Å²) in [7, 11) is 0. The molecule has 132 valence electrons. The van der Waals surface area contributed by atoms with E-state index in [-0.39, 0.29) is 0 Å². The number of aromatic nitrogens is 3. The standard InChI is InChI=1S/C21H14ClN3S2/c22-15-9-7-14(8-10-15)20-23-16(12-26-20)13-27-21-19-6-3-11-25(19)18-5-2-1-4-17(18)24-21/h1-12H,13H2. The Kier molecular flexibility index (Phi) is 4.36. The summed E-state index contributed by atoms with van der Waals surface area (Å²) >= 11 is 9.36. The van der Waals surface area contributed by atoms with Crippen LogP contribution in [0.15, 0.2) is 77.3 Å². The maximum Gasteiger partial charge on any atom is 0.123 e. The van der Waals surface area contributed by atoms with Gasteiger partial charge in [0.1, 0.15) is 10.0 Å². The third-order valence-corrected chi connectivity index (χ3v) is 6.54. The van der Waals surface area contributed by atoms with Crippen LogP contribution in [-0.4, -0.2) is 14.4 Å². The van der Waals surface area contributed by atoms with Crippen molar-refractivity contribution in [2.24, 2.45) is 0 Å². The Labute approximate surface area is 169 Å². The number of hydrogen-bond acceptors (Lipinski definition) is 4. The molecule has 5 rings (SSSR count). The minimum atomic E-state index is 0.740. The Morgan fingerprint density at radius 1 is 0.926 bits per heavy atom. The van der Waals surface area contributed by atoms with E-state index in [4.69, 9.17) is 21.6 Å². The number of thiazole rings is 1. The summed E-state index contributed by atoms with van der Waals surface area (Å²) in [5, 5.41) is 4.90. The van der Waals surface area contributed by atoms with Gasteiger partial charge in [-0.15, -0.1) is 11.3 Å². The quantitative estimate of drug-likeness (QED) is 0.316. The first kappa shape index (κ1) is 16.8. The van der Waals surface area contributed by atoms with E-state index in [0.29, 0.717) is 0 Å². The minimum absolute atomic E-state index is 0.740. The molecule has 0 saturated heterocycles. The molecule has 3 nitrogen and oxygen atoms in total. The van der Waals surface area contributed by atoms with Gasteiger partial charge in [-0.2, -0.15) is 0 Å². The lowest BCUT2D eigenvalue weighted by atomic mass is 10.2. The predicted molar refractivity (Wildman–Crippen MR) is 115 cm³/mol. The third kappa shape index (κ3) is 3.23. The minimum Gasteiger partial charge on any atom is -0.313 e. The average Bonchev–Trinajstić information content (AvgIpc) is 3.37. The van der Waals surface area contributed by atoms with Crippen LogP contribution in [0.2, 0.25) is 5.02 Å². The highest BCUT2D eigenvalue weighted by Gasteiger charge is 2.10. The van der Waals surface area contributed by atoms with Crippen LogP contribution in [0.1, 0.15) is 5.69 Å². The van der Waals surface area contributed by atoms with E-state index in [0.717, 1.165) is 48.6 Å². The molecule has 3 heterocycles. The van der Waals surface area contributed by atoms with Crippen LogP contribution in [-0.2, 0) is 5.75 Å². The van der Waals surface area contributed by atoms with Crippen molar-refractivity contribution >= 4 is 51.2 Å². The van der Waals surface area contributed by atoms with Crippen molar-refractivity contribution in [1.29, 1.82) is 0 Å². The van der Waals surface area contributed by atoms with Gasteiger partial charge in [0.25, 0.3) is 0 Å². The number of thioether (sulfide) groups is 1. The second-order valence-electron chi connectivity index (χ2n) is 6.11. The number of nitrogens with zero attached hydrogens (tertiary/aromatic N) is 3. The highest BCUT2D eigenvalue weighted by atomic mass is 35.5. The summed E-state index contributed by atoms with van der Waals surface area (Å²) in [6, 6.07) is 20.2. The fourth-order valence-electron chi connectivity index (χ4n) is 3.04. The van der Waals surface area contributed by atoms with Gasteiger partial charge in [-0.1, -0.05) is 47.6 Å². The van der Waals surface area contributed by atoms with E-state index < -0.39 is 0 Å². The number of rotatable bonds is 4. The number of hydrogen-bond donors (Lipinski definition) is 0. The second-order valence-corrected chi connectivity index (χ2v) is 8.37. The molecule has 0 amide bonds. The van der Waals surface area contributed by atoms with Crippen LogP contribution in [0.25, 0.3) is 27.1 Å². The number of para-hydroxylation sites is 2. The van der Waals surface area contributed by atoms with Crippen LogP contribution >= 0.6 is 34.7 Å². The van der Waals surface area contributed by atoms with Crippen molar-refractivity contribution in [3.63, 3.8) is 0 Å². The van der Waals surface area contributed by atoms with Gasteiger partial charge >= 0.3 is 0 Å². The first-order chi connectivity index (χ1) is 13.3. The highest BCUT2D eigenvalue weighted by Crippen LogP contribution is 2.31. The Morgan fingerprint density at radius 2 is 1.74 bits per heavy atom. The van der Waals surface area contributed by atoms with Gasteiger partial charge in [-0.25, -0.2) is 9.97 Å². The van der Waals surface area contributed by atoms with Gasteiger partial charge in [0.05, 0.1) is 22.2 Å². The molecule has 5 aromatic rings. The van der Waals surface area contributed by atoms with E-state index in [1.165, 1.54) is 0 Å². The van der Waals surface area contributed by atoms with Crippen molar-refractivity contribution in [2.45, 2.75) is 10.8 Å². The Bertz CT molecular complexity index is 1240. The first-order valence-corrected chi connectivity index (χ1v) is 10.7. The molecule has 0 bridgehead atoms. The van der Waals surface area contributed by atoms with Crippen molar-refractivity contribution < 1.29 is 0 Å². The van der Waals surface area contributed by atoms with E-state index in [2.05, 4.69) is 40.2 Å². The fraction of sp³-hybridized carbons (Fsp3) is 0.0476. The second kappa shape index (κ2) is 7.00. The molecule has 0 fully saturated rings. The van der Waals surface area contributed by atoms with Crippen molar-refractivity contribution in [3.05, 3.63) is 83.0 Å². The third-order valence-electron chi connectivity index (χ3n) is 4.33. The number of benzene rings is 2. The SMILES string of the molecule is Clc1ccc(-c2nc(CSc3nc4ccccc4n4cccc34)cs2)cc1. The van der Waals surface area contributed by atoms with Crippen LogP contribution in [0.5, 0.6) is 0 Å². The zero-order chi connectivity index (χ0) is 18.2.